The van der Waals surface area contributed by atoms with E-state index in [1.807, 2.05) is 19.9 Å². The molecule has 10 heteroatoms. The Morgan fingerprint density at radius 2 is 1.59 bits per heavy atom. The third kappa shape index (κ3) is 7.01. The zero-order valence-electron chi connectivity index (χ0n) is 18.2. The van der Waals surface area contributed by atoms with Gasteiger partial charge < -0.3 is 24.8 Å². The topological polar surface area (TPSA) is 132 Å². The summed E-state index contributed by atoms with van der Waals surface area (Å²) in [5, 5.41) is 6.94. The summed E-state index contributed by atoms with van der Waals surface area (Å²) in [7, 11) is 2.90. The first-order valence-electron chi connectivity index (χ1n) is 9.57. The molecule has 0 saturated heterocycles. The molecule has 0 bridgehead atoms. The number of carbonyl (C=O) groups excluding carboxylic acids is 4. The number of urea groups is 1. The summed E-state index contributed by atoms with van der Waals surface area (Å²) in [5.74, 6) is -1.39. The summed E-state index contributed by atoms with van der Waals surface area (Å²) >= 11 is 0. The fraction of sp³-hybridized carbons (Fsp3) is 0.273. The van der Waals surface area contributed by atoms with Gasteiger partial charge in [-0.15, -0.1) is 0 Å². The second-order valence-electron chi connectivity index (χ2n) is 6.71. The van der Waals surface area contributed by atoms with Crippen molar-refractivity contribution in [1.82, 2.24) is 10.6 Å². The molecule has 0 aromatic heterocycles. The minimum atomic E-state index is -0.844. The van der Waals surface area contributed by atoms with Gasteiger partial charge in [-0.05, 0) is 55.3 Å². The molecule has 2 rings (SSSR count). The van der Waals surface area contributed by atoms with Crippen molar-refractivity contribution in [3.8, 4) is 11.5 Å². The average molecular weight is 443 g/mol. The molecule has 2 aromatic carbocycles. The third-order valence-electron chi connectivity index (χ3n) is 4.42. The van der Waals surface area contributed by atoms with Gasteiger partial charge in [0.15, 0.2) is 18.1 Å². The lowest BCUT2D eigenvalue weighted by molar-refractivity contribution is -0.147. The van der Waals surface area contributed by atoms with Crippen molar-refractivity contribution < 1.29 is 33.4 Å². The van der Waals surface area contributed by atoms with Gasteiger partial charge in [0.05, 0.1) is 14.2 Å². The minimum Gasteiger partial charge on any atom is -0.493 e. The fourth-order valence-electron chi connectivity index (χ4n) is 2.57. The summed E-state index contributed by atoms with van der Waals surface area (Å²) in [6, 6.07) is 9.07. The first kappa shape index (κ1) is 24.2. The number of carbonyl (C=O) groups is 4. The van der Waals surface area contributed by atoms with Crippen LogP contribution in [0.25, 0.3) is 0 Å². The van der Waals surface area contributed by atoms with Crippen LogP contribution in [0.5, 0.6) is 11.5 Å². The van der Waals surface area contributed by atoms with Crippen LogP contribution in [0.1, 0.15) is 21.5 Å². The van der Waals surface area contributed by atoms with E-state index < -0.39 is 37.0 Å². The van der Waals surface area contributed by atoms with Crippen molar-refractivity contribution in [2.75, 3.05) is 32.7 Å². The summed E-state index contributed by atoms with van der Waals surface area (Å²) in [6.07, 6.45) is 0. The molecule has 32 heavy (non-hydrogen) atoms. The van der Waals surface area contributed by atoms with E-state index >= 15 is 0 Å². The molecule has 170 valence electrons. The Kier molecular flexibility index (Phi) is 8.58. The molecule has 0 aliphatic heterocycles. The standard InChI is InChI=1S/C22H25N3O7/c1-13-5-7-16(9-14(13)2)24-22(29)25-19(26)12-32-20(27)11-23-21(28)15-6-8-17(30-3)18(10-15)31-4/h5-10H,11-12H2,1-4H3,(H,23,28)(H2,24,25,26,29). The number of aryl methyl sites for hydroxylation is 2. The van der Waals surface area contributed by atoms with E-state index in [1.165, 1.54) is 26.4 Å². The Hall–Kier alpha value is -4.08. The van der Waals surface area contributed by atoms with Gasteiger partial charge in [-0.3, -0.25) is 19.7 Å². The Bertz CT molecular complexity index is 1020. The Morgan fingerprint density at radius 1 is 0.875 bits per heavy atom. The molecular formula is C22H25N3O7. The number of methoxy groups -OCH3 is 2. The number of benzene rings is 2. The Morgan fingerprint density at radius 3 is 2.25 bits per heavy atom. The number of nitrogens with one attached hydrogen (secondary N) is 3. The van der Waals surface area contributed by atoms with Crippen LogP contribution in [-0.4, -0.2) is 51.2 Å². The third-order valence-corrected chi connectivity index (χ3v) is 4.42. The van der Waals surface area contributed by atoms with E-state index in [2.05, 4.69) is 16.0 Å². The van der Waals surface area contributed by atoms with Crippen LogP contribution in [0.3, 0.4) is 0 Å². The van der Waals surface area contributed by atoms with E-state index in [0.29, 0.717) is 17.2 Å². The van der Waals surface area contributed by atoms with Gasteiger partial charge >= 0.3 is 12.0 Å². The monoisotopic (exact) mass is 443 g/mol. The Balaban J connectivity index is 1.75. The second-order valence-corrected chi connectivity index (χ2v) is 6.71. The van der Waals surface area contributed by atoms with Crippen LogP contribution in [0.15, 0.2) is 36.4 Å². The van der Waals surface area contributed by atoms with Gasteiger partial charge in [-0.1, -0.05) is 6.07 Å². The highest BCUT2D eigenvalue weighted by Gasteiger charge is 2.14. The SMILES string of the molecule is COc1ccc(C(=O)NCC(=O)OCC(=O)NC(=O)Nc2ccc(C)c(C)c2)cc1OC. The molecule has 0 aliphatic rings. The highest BCUT2D eigenvalue weighted by Crippen LogP contribution is 2.27. The summed E-state index contributed by atoms with van der Waals surface area (Å²) < 4.78 is 15.0. The number of ether oxygens (including phenoxy) is 3. The lowest BCUT2D eigenvalue weighted by Gasteiger charge is -2.10. The first-order valence-corrected chi connectivity index (χ1v) is 9.57. The highest BCUT2D eigenvalue weighted by molar-refractivity contribution is 6.02. The minimum absolute atomic E-state index is 0.246. The summed E-state index contributed by atoms with van der Waals surface area (Å²) in [5.41, 5.74) is 2.82. The molecule has 0 fully saturated rings. The number of imide groups is 1. The predicted octanol–water partition coefficient (Wildman–Crippen LogP) is 1.94. The lowest BCUT2D eigenvalue weighted by atomic mass is 10.1. The van der Waals surface area contributed by atoms with E-state index in [9.17, 15) is 19.2 Å². The number of rotatable bonds is 8. The van der Waals surface area contributed by atoms with Crippen LogP contribution in [0.2, 0.25) is 0 Å². The van der Waals surface area contributed by atoms with Crippen molar-refractivity contribution in [2.24, 2.45) is 0 Å². The molecule has 0 saturated carbocycles. The zero-order chi connectivity index (χ0) is 23.7. The molecule has 10 nitrogen and oxygen atoms in total. The van der Waals surface area contributed by atoms with Crippen LogP contribution < -0.4 is 25.4 Å². The smallest absolute Gasteiger partial charge is 0.325 e. The maximum absolute atomic E-state index is 12.2. The molecule has 4 amide bonds. The summed E-state index contributed by atoms with van der Waals surface area (Å²) in [4.78, 5) is 47.6. The van der Waals surface area contributed by atoms with Crippen molar-refractivity contribution in [3.05, 3.63) is 53.1 Å². The molecular weight excluding hydrogens is 418 g/mol. The van der Waals surface area contributed by atoms with Crippen molar-refractivity contribution in [3.63, 3.8) is 0 Å². The van der Waals surface area contributed by atoms with Gasteiger partial charge in [0.25, 0.3) is 11.8 Å². The first-order chi connectivity index (χ1) is 15.2. The lowest BCUT2D eigenvalue weighted by Crippen LogP contribution is -2.38. The van der Waals surface area contributed by atoms with Gasteiger partial charge in [0.2, 0.25) is 0 Å². The quantitative estimate of drug-likeness (QED) is 0.531. The van der Waals surface area contributed by atoms with Crippen LogP contribution >= 0.6 is 0 Å². The molecule has 0 aliphatic carbocycles. The number of hydrogen-bond donors (Lipinski definition) is 3. The maximum Gasteiger partial charge on any atom is 0.325 e. The average Bonchev–Trinajstić information content (AvgIpc) is 2.77. The summed E-state index contributed by atoms with van der Waals surface area (Å²) in [6.45, 7) is 2.70. The van der Waals surface area contributed by atoms with Gasteiger partial charge in [-0.25, -0.2) is 4.79 Å². The van der Waals surface area contributed by atoms with E-state index in [0.717, 1.165) is 11.1 Å². The fourth-order valence-corrected chi connectivity index (χ4v) is 2.57. The van der Waals surface area contributed by atoms with Crippen LogP contribution in [-0.2, 0) is 14.3 Å². The van der Waals surface area contributed by atoms with Crippen LogP contribution in [0.4, 0.5) is 10.5 Å². The molecule has 2 aromatic rings. The van der Waals surface area contributed by atoms with E-state index in [1.54, 1.807) is 18.2 Å². The van der Waals surface area contributed by atoms with Gasteiger partial charge in [0, 0.05) is 11.3 Å². The van der Waals surface area contributed by atoms with Gasteiger partial charge in [-0.2, -0.15) is 0 Å². The Labute approximate surface area is 185 Å². The van der Waals surface area contributed by atoms with Gasteiger partial charge in [0.1, 0.15) is 6.54 Å². The number of esters is 1. The number of amides is 4. The maximum atomic E-state index is 12.2. The van der Waals surface area contributed by atoms with Crippen LogP contribution in [0, 0.1) is 13.8 Å². The van der Waals surface area contributed by atoms with Crippen molar-refractivity contribution in [2.45, 2.75) is 13.8 Å². The van der Waals surface area contributed by atoms with E-state index in [4.69, 9.17) is 14.2 Å². The second kappa shape index (κ2) is 11.3. The number of hydrogen-bond acceptors (Lipinski definition) is 7. The molecule has 0 atom stereocenters. The normalized spacial score (nSPS) is 10.0. The highest BCUT2D eigenvalue weighted by atomic mass is 16.5. The van der Waals surface area contributed by atoms with E-state index in [-0.39, 0.29) is 5.56 Å². The molecule has 0 spiro atoms. The van der Waals surface area contributed by atoms with Crippen molar-refractivity contribution in [1.29, 1.82) is 0 Å². The zero-order valence-corrected chi connectivity index (χ0v) is 18.2. The van der Waals surface area contributed by atoms with Crippen molar-refractivity contribution >= 4 is 29.5 Å². The molecule has 3 N–H and O–H groups in total. The molecule has 0 radical (unpaired) electrons. The predicted molar refractivity (Wildman–Crippen MR) is 116 cm³/mol. The molecule has 0 heterocycles. The molecule has 0 unspecified atom stereocenters. The largest absolute Gasteiger partial charge is 0.493 e. The number of anilines is 1.